The third-order valence-corrected chi connectivity index (χ3v) is 4.76. The molecule has 0 aromatic heterocycles. The first kappa shape index (κ1) is 18.1. The molecular weight excluding hydrogens is 365 g/mol. The van der Waals surface area contributed by atoms with Crippen LogP contribution in [0.1, 0.15) is 0 Å². The molecule has 2 aromatic rings. The number of para-hydroxylation sites is 2. The maximum absolute atomic E-state index is 13.0. The van der Waals surface area contributed by atoms with E-state index in [1.54, 1.807) is 21.9 Å². The van der Waals surface area contributed by atoms with Gasteiger partial charge in [0.1, 0.15) is 12.4 Å². The van der Waals surface area contributed by atoms with Crippen LogP contribution >= 0.6 is 0 Å². The predicted octanol–water partition coefficient (Wildman–Crippen LogP) is 2.34. The summed E-state index contributed by atoms with van der Waals surface area (Å²) < 4.78 is 24.3. The minimum Gasteiger partial charge on any atom is -0.485 e. The number of nitrogens with one attached hydrogen (secondary N) is 1. The topological polar surface area (TPSA) is 71.1 Å². The molecule has 146 valence electrons. The van der Waals surface area contributed by atoms with Crippen LogP contribution in [0.25, 0.3) is 0 Å². The van der Waals surface area contributed by atoms with Gasteiger partial charge in [-0.05, 0) is 36.4 Å². The number of amides is 3. The summed E-state index contributed by atoms with van der Waals surface area (Å²) in [4.78, 5) is 28.4. The number of hydrogen-bond acceptors (Lipinski definition) is 4. The van der Waals surface area contributed by atoms with E-state index in [1.165, 1.54) is 24.3 Å². The van der Waals surface area contributed by atoms with Crippen molar-refractivity contribution in [2.75, 3.05) is 38.1 Å². The van der Waals surface area contributed by atoms with Crippen LogP contribution < -0.4 is 14.8 Å². The van der Waals surface area contributed by atoms with Gasteiger partial charge < -0.3 is 24.6 Å². The Kier molecular flexibility index (Phi) is 5.01. The van der Waals surface area contributed by atoms with Crippen molar-refractivity contribution in [3.05, 3.63) is 54.3 Å². The number of hydrogen-bond donors (Lipinski definition) is 1. The van der Waals surface area contributed by atoms with Gasteiger partial charge >= 0.3 is 6.03 Å². The average Bonchev–Trinajstić information content (AvgIpc) is 2.74. The Hall–Kier alpha value is -3.29. The van der Waals surface area contributed by atoms with Crippen LogP contribution in [0.2, 0.25) is 0 Å². The van der Waals surface area contributed by atoms with Gasteiger partial charge in [0.15, 0.2) is 11.5 Å². The largest absolute Gasteiger partial charge is 0.485 e. The SMILES string of the molecule is O=C(Nc1ccc(F)cc1)N1CCN(C(=O)C2COc3ccccc3O2)CC1. The van der Waals surface area contributed by atoms with Crippen molar-refractivity contribution in [2.45, 2.75) is 6.10 Å². The molecular formula is C20H20FN3O4. The van der Waals surface area contributed by atoms with Gasteiger partial charge in [0, 0.05) is 31.9 Å². The molecule has 28 heavy (non-hydrogen) atoms. The number of urea groups is 1. The van der Waals surface area contributed by atoms with E-state index in [0.29, 0.717) is 43.4 Å². The molecule has 7 nitrogen and oxygen atoms in total. The van der Waals surface area contributed by atoms with Crippen LogP contribution in [0.3, 0.4) is 0 Å². The number of carbonyl (C=O) groups excluding carboxylic acids is 2. The number of fused-ring (bicyclic) bond motifs is 1. The summed E-state index contributed by atoms with van der Waals surface area (Å²) in [6, 6.07) is 12.6. The van der Waals surface area contributed by atoms with E-state index in [4.69, 9.17) is 9.47 Å². The molecule has 1 saturated heterocycles. The first-order chi connectivity index (χ1) is 13.6. The number of benzene rings is 2. The molecule has 4 rings (SSSR count). The highest BCUT2D eigenvalue weighted by atomic mass is 19.1. The molecule has 0 aliphatic carbocycles. The summed E-state index contributed by atoms with van der Waals surface area (Å²) in [7, 11) is 0. The molecule has 0 saturated carbocycles. The Balaban J connectivity index is 1.29. The molecule has 2 heterocycles. The Morgan fingerprint density at radius 2 is 1.57 bits per heavy atom. The maximum atomic E-state index is 13.0. The molecule has 0 radical (unpaired) electrons. The first-order valence-electron chi connectivity index (χ1n) is 9.09. The van der Waals surface area contributed by atoms with Gasteiger partial charge in [-0.1, -0.05) is 12.1 Å². The van der Waals surface area contributed by atoms with Gasteiger partial charge in [-0.25, -0.2) is 9.18 Å². The zero-order valence-corrected chi connectivity index (χ0v) is 15.1. The van der Waals surface area contributed by atoms with Gasteiger partial charge in [-0.15, -0.1) is 0 Å². The number of piperazine rings is 1. The summed E-state index contributed by atoms with van der Waals surface area (Å²) in [5.74, 6) is 0.688. The van der Waals surface area contributed by atoms with Crippen LogP contribution in [0, 0.1) is 5.82 Å². The third kappa shape index (κ3) is 3.85. The smallest absolute Gasteiger partial charge is 0.321 e. The Labute approximate surface area is 161 Å². The van der Waals surface area contributed by atoms with Crippen molar-refractivity contribution >= 4 is 17.6 Å². The van der Waals surface area contributed by atoms with Crippen LogP contribution in [0.5, 0.6) is 11.5 Å². The third-order valence-electron chi connectivity index (χ3n) is 4.76. The second-order valence-electron chi connectivity index (χ2n) is 6.61. The Morgan fingerprint density at radius 1 is 0.929 bits per heavy atom. The quantitative estimate of drug-likeness (QED) is 0.862. The van der Waals surface area contributed by atoms with Gasteiger partial charge in [-0.2, -0.15) is 0 Å². The van der Waals surface area contributed by atoms with Crippen molar-refractivity contribution in [1.82, 2.24) is 9.80 Å². The zero-order chi connectivity index (χ0) is 19.5. The van der Waals surface area contributed by atoms with Gasteiger partial charge in [-0.3, -0.25) is 4.79 Å². The van der Waals surface area contributed by atoms with Gasteiger partial charge in [0.2, 0.25) is 6.10 Å². The maximum Gasteiger partial charge on any atom is 0.321 e. The van der Waals surface area contributed by atoms with Crippen LogP contribution in [0.4, 0.5) is 14.9 Å². The summed E-state index contributed by atoms with van der Waals surface area (Å²) in [5, 5.41) is 2.73. The summed E-state index contributed by atoms with van der Waals surface area (Å²) in [5.41, 5.74) is 0.524. The van der Waals surface area contributed by atoms with Crippen LogP contribution in [0.15, 0.2) is 48.5 Å². The van der Waals surface area contributed by atoms with Crippen molar-refractivity contribution in [2.24, 2.45) is 0 Å². The van der Waals surface area contributed by atoms with Crippen molar-refractivity contribution in [3.63, 3.8) is 0 Å². The van der Waals surface area contributed by atoms with Crippen molar-refractivity contribution in [1.29, 1.82) is 0 Å². The first-order valence-corrected chi connectivity index (χ1v) is 9.09. The highest BCUT2D eigenvalue weighted by Gasteiger charge is 2.33. The summed E-state index contributed by atoms with van der Waals surface area (Å²) in [6.45, 7) is 1.81. The van der Waals surface area contributed by atoms with E-state index < -0.39 is 6.10 Å². The molecule has 2 aromatic carbocycles. The lowest BCUT2D eigenvalue weighted by molar-refractivity contribution is -0.142. The Bertz CT molecular complexity index is 866. The molecule has 3 amide bonds. The number of rotatable bonds is 2. The summed E-state index contributed by atoms with van der Waals surface area (Å²) >= 11 is 0. The second kappa shape index (κ2) is 7.75. The molecule has 1 N–H and O–H groups in total. The lowest BCUT2D eigenvalue weighted by Gasteiger charge is -2.37. The minimum atomic E-state index is -0.686. The van der Waals surface area contributed by atoms with Gasteiger partial charge in [0.05, 0.1) is 0 Å². The monoisotopic (exact) mass is 385 g/mol. The number of nitrogens with zero attached hydrogens (tertiary/aromatic N) is 2. The number of ether oxygens (including phenoxy) is 2. The van der Waals surface area contributed by atoms with Gasteiger partial charge in [0.25, 0.3) is 5.91 Å². The number of anilines is 1. The normalized spacial score (nSPS) is 18.5. The standard InChI is InChI=1S/C20H20FN3O4/c21-14-5-7-15(8-6-14)22-20(26)24-11-9-23(10-12-24)19(25)18-13-27-16-3-1-2-4-17(16)28-18/h1-8,18H,9-13H2,(H,22,26). The highest BCUT2D eigenvalue weighted by molar-refractivity contribution is 5.89. The highest BCUT2D eigenvalue weighted by Crippen LogP contribution is 2.31. The predicted molar refractivity (Wildman–Crippen MR) is 99.9 cm³/mol. The van der Waals surface area contributed by atoms with E-state index in [1.807, 2.05) is 12.1 Å². The van der Waals surface area contributed by atoms with E-state index in [9.17, 15) is 14.0 Å². The zero-order valence-electron chi connectivity index (χ0n) is 15.1. The summed E-state index contributed by atoms with van der Waals surface area (Å²) in [6.07, 6.45) is -0.686. The second-order valence-corrected chi connectivity index (χ2v) is 6.61. The molecule has 0 bridgehead atoms. The lowest BCUT2D eigenvalue weighted by atomic mass is 10.2. The molecule has 8 heteroatoms. The molecule has 1 atom stereocenters. The van der Waals surface area contributed by atoms with E-state index >= 15 is 0 Å². The fourth-order valence-corrected chi connectivity index (χ4v) is 3.21. The molecule has 1 fully saturated rings. The van der Waals surface area contributed by atoms with Crippen molar-refractivity contribution in [3.8, 4) is 11.5 Å². The number of carbonyl (C=O) groups is 2. The number of halogens is 1. The molecule has 2 aliphatic rings. The fourth-order valence-electron chi connectivity index (χ4n) is 3.21. The van der Waals surface area contributed by atoms with E-state index in [-0.39, 0.29) is 24.4 Å². The van der Waals surface area contributed by atoms with Crippen LogP contribution in [-0.4, -0.2) is 60.6 Å². The van der Waals surface area contributed by atoms with Crippen molar-refractivity contribution < 1.29 is 23.5 Å². The average molecular weight is 385 g/mol. The lowest BCUT2D eigenvalue weighted by Crippen LogP contribution is -2.55. The fraction of sp³-hybridized carbons (Fsp3) is 0.300. The molecule has 2 aliphatic heterocycles. The van der Waals surface area contributed by atoms with E-state index in [2.05, 4.69) is 5.32 Å². The van der Waals surface area contributed by atoms with E-state index in [0.717, 1.165) is 0 Å². The molecule has 0 spiro atoms. The van der Waals surface area contributed by atoms with Crippen LogP contribution in [-0.2, 0) is 4.79 Å². The minimum absolute atomic E-state index is 0.145. The molecule has 1 unspecified atom stereocenters. The Morgan fingerprint density at radius 3 is 2.29 bits per heavy atom.